The summed E-state index contributed by atoms with van der Waals surface area (Å²) in [4.78, 5) is -0.00273. The molecule has 0 N–H and O–H groups in total. The first-order chi connectivity index (χ1) is 9.54. The van der Waals surface area contributed by atoms with Crippen LogP contribution >= 0.6 is 0 Å². The molecule has 2 aromatic rings. The van der Waals surface area contributed by atoms with E-state index in [1.54, 1.807) is 0 Å². The Morgan fingerprint density at radius 2 is 1.95 bits per heavy atom. The Bertz CT molecular complexity index is 715. The second kappa shape index (κ2) is 4.90. The van der Waals surface area contributed by atoms with E-state index in [1.165, 1.54) is 18.2 Å². The van der Waals surface area contributed by atoms with Crippen molar-refractivity contribution >= 4 is 9.84 Å². The number of hydrogen-bond acceptors (Lipinski definition) is 3. The molecular weight excluding hydrogens is 279 g/mol. The van der Waals surface area contributed by atoms with Gasteiger partial charge in [0.25, 0.3) is 0 Å². The van der Waals surface area contributed by atoms with Crippen LogP contribution in [0.4, 0.5) is 4.39 Å². The lowest BCUT2D eigenvalue weighted by Gasteiger charge is -2.11. The molecule has 5 heteroatoms. The van der Waals surface area contributed by atoms with Crippen molar-refractivity contribution in [2.45, 2.75) is 17.4 Å². The van der Waals surface area contributed by atoms with Gasteiger partial charge in [-0.15, -0.1) is 0 Å². The highest BCUT2D eigenvalue weighted by Crippen LogP contribution is 2.29. The van der Waals surface area contributed by atoms with Gasteiger partial charge < -0.3 is 4.74 Å². The summed E-state index contributed by atoms with van der Waals surface area (Å²) in [5.41, 5.74) is 1.01. The van der Waals surface area contributed by atoms with Crippen molar-refractivity contribution in [2.75, 3.05) is 5.75 Å². The molecule has 0 aromatic heterocycles. The van der Waals surface area contributed by atoms with Crippen LogP contribution in [0.1, 0.15) is 5.56 Å². The van der Waals surface area contributed by atoms with Crippen molar-refractivity contribution in [3.05, 3.63) is 59.9 Å². The topological polar surface area (TPSA) is 43.4 Å². The lowest BCUT2D eigenvalue weighted by molar-refractivity contribution is 0.256. The molecule has 0 saturated carbocycles. The minimum atomic E-state index is -3.55. The van der Waals surface area contributed by atoms with Gasteiger partial charge in [0.05, 0.1) is 10.6 Å². The van der Waals surface area contributed by atoms with Gasteiger partial charge >= 0.3 is 0 Å². The molecule has 20 heavy (non-hydrogen) atoms. The van der Waals surface area contributed by atoms with Crippen LogP contribution in [0.15, 0.2) is 53.4 Å². The molecule has 0 saturated heterocycles. The number of fused-ring (bicyclic) bond motifs is 1. The predicted octanol–water partition coefficient (Wildman–Crippen LogP) is 2.60. The molecule has 3 rings (SSSR count). The molecule has 0 amide bonds. The van der Waals surface area contributed by atoms with Gasteiger partial charge in [-0.3, -0.25) is 0 Å². The van der Waals surface area contributed by atoms with Gasteiger partial charge in [0.2, 0.25) is 0 Å². The fourth-order valence-electron chi connectivity index (χ4n) is 2.35. The normalized spacial score (nSPS) is 17.6. The number of ether oxygens (including phenoxy) is 1. The summed E-state index contributed by atoms with van der Waals surface area (Å²) in [6.07, 6.45) is 0.144. The highest BCUT2D eigenvalue weighted by atomic mass is 32.2. The molecule has 0 bridgehead atoms. The molecule has 1 aliphatic rings. The van der Waals surface area contributed by atoms with Crippen LogP contribution in [-0.4, -0.2) is 20.3 Å². The average molecular weight is 292 g/mol. The van der Waals surface area contributed by atoms with Crippen molar-refractivity contribution in [2.24, 2.45) is 0 Å². The molecule has 0 fully saturated rings. The number of hydrogen-bond donors (Lipinski definition) is 0. The van der Waals surface area contributed by atoms with Gasteiger partial charge in [-0.05, 0) is 29.8 Å². The van der Waals surface area contributed by atoms with Crippen LogP contribution in [0.3, 0.4) is 0 Å². The van der Waals surface area contributed by atoms with E-state index < -0.39 is 21.8 Å². The zero-order chi connectivity index (χ0) is 14.2. The first-order valence-corrected chi connectivity index (χ1v) is 7.93. The maximum atomic E-state index is 13.1. The largest absolute Gasteiger partial charge is 0.489 e. The molecule has 1 heterocycles. The summed E-state index contributed by atoms with van der Waals surface area (Å²) in [7, 11) is -3.55. The molecule has 0 aliphatic carbocycles. The summed E-state index contributed by atoms with van der Waals surface area (Å²) < 4.78 is 43.2. The summed E-state index contributed by atoms with van der Waals surface area (Å²) in [6.45, 7) is 0. The van der Waals surface area contributed by atoms with Gasteiger partial charge in [-0.1, -0.05) is 24.3 Å². The van der Waals surface area contributed by atoms with Crippen LogP contribution in [-0.2, 0) is 16.3 Å². The smallest absolute Gasteiger partial charge is 0.182 e. The van der Waals surface area contributed by atoms with Gasteiger partial charge in [0.15, 0.2) is 9.84 Å². The maximum Gasteiger partial charge on any atom is 0.182 e. The zero-order valence-electron chi connectivity index (χ0n) is 10.6. The van der Waals surface area contributed by atoms with Crippen molar-refractivity contribution in [3.8, 4) is 5.75 Å². The summed E-state index contributed by atoms with van der Waals surface area (Å²) in [5, 5.41) is 0. The zero-order valence-corrected chi connectivity index (χ0v) is 11.4. The molecule has 0 spiro atoms. The Labute approximate surface area is 116 Å². The van der Waals surface area contributed by atoms with Crippen molar-refractivity contribution in [3.63, 3.8) is 0 Å². The Balaban J connectivity index is 1.79. The predicted molar refractivity (Wildman–Crippen MR) is 73.0 cm³/mol. The van der Waals surface area contributed by atoms with Crippen molar-refractivity contribution < 1.29 is 17.5 Å². The summed E-state index contributed by atoms with van der Waals surface area (Å²) in [6, 6.07) is 12.5. The fraction of sp³-hybridized carbons (Fsp3) is 0.200. The maximum absolute atomic E-state index is 13.1. The third-order valence-electron chi connectivity index (χ3n) is 3.27. The number of benzene rings is 2. The van der Waals surface area contributed by atoms with Crippen LogP contribution in [0.25, 0.3) is 0 Å². The standard InChI is InChI=1S/C15H13FO3S/c16-12-5-3-6-14(9-12)20(17,18)10-13-8-11-4-1-2-7-15(11)19-13/h1-7,9,13H,8,10H2. The Morgan fingerprint density at radius 1 is 1.15 bits per heavy atom. The lowest BCUT2D eigenvalue weighted by atomic mass is 10.1. The third-order valence-corrected chi connectivity index (χ3v) is 5.06. The molecular formula is C15H13FO3S. The van der Waals surface area contributed by atoms with E-state index in [2.05, 4.69) is 0 Å². The Kier molecular flexibility index (Phi) is 3.22. The summed E-state index contributed by atoms with van der Waals surface area (Å²) >= 11 is 0. The minimum Gasteiger partial charge on any atom is -0.489 e. The second-order valence-electron chi connectivity index (χ2n) is 4.79. The SMILES string of the molecule is O=S(=O)(CC1Cc2ccccc2O1)c1cccc(F)c1. The van der Waals surface area contributed by atoms with Crippen molar-refractivity contribution in [1.29, 1.82) is 0 Å². The Morgan fingerprint density at radius 3 is 2.70 bits per heavy atom. The number of halogens is 1. The van der Waals surface area contributed by atoms with E-state index in [4.69, 9.17) is 4.74 Å². The van der Waals surface area contributed by atoms with Crippen LogP contribution in [0.2, 0.25) is 0 Å². The minimum absolute atomic E-state index is 0.00273. The second-order valence-corrected chi connectivity index (χ2v) is 6.82. The van der Waals surface area contributed by atoms with E-state index in [0.29, 0.717) is 6.42 Å². The first kappa shape index (κ1) is 13.1. The average Bonchev–Trinajstić information content (AvgIpc) is 2.80. The van der Waals surface area contributed by atoms with Crippen molar-refractivity contribution in [1.82, 2.24) is 0 Å². The monoisotopic (exact) mass is 292 g/mol. The molecule has 3 nitrogen and oxygen atoms in total. The van der Waals surface area contributed by atoms with E-state index in [0.717, 1.165) is 17.4 Å². The fourth-order valence-corrected chi connectivity index (χ4v) is 3.79. The first-order valence-electron chi connectivity index (χ1n) is 6.27. The number of para-hydroxylation sites is 1. The molecule has 104 valence electrons. The van der Waals surface area contributed by atoms with Gasteiger partial charge in [0.1, 0.15) is 17.7 Å². The molecule has 0 radical (unpaired) electrons. The van der Waals surface area contributed by atoms with Gasteiger partial charge in [-0.25, -0.2) is 12.8 Å². The number of rotatable bonds is 3. The highest BCUT2D eigenvalue weighted by Gasteiger charge is 2.28. The summed E-state index contributed by atoms with van der Waals surface area (Å²) in [5.74, 6) is 0.0270. The highest BCUT2D eigenvalue weighted by molar-refractivity contribution is 7.91. The van der Waals surface area contributed by atoms with Crippen LogP contribution in [0, 0.1) is 5.82 Å². The van der Waals surface area contributed by atoms with E-state index in [1.807, 2.05) is 24.3 Å². The third kappa shape index (κ3) is 2.54. The van der Waals surface area contributed by atoms with Gasteiger partial charge in [-0.2, -0.15) is 0 Å². The molecule has 1 unspecified atom stereocenters. The molecule has 2 aromatic carbocycles. The van der Waals surface area contributed by atoms with Gasteiger partial charge in [0, 0.05) is 6.42 Å². The van der Waals surface area contributed by atoms with E-state index in [-0.39, 0.29) is 10.6 Å². The molecule has 1 atom stereocenters. The van der Waals surface area contributed by atoms with Crippen LogP contribution in [0.5, 0.6) is 5.75 Å². The number of sulfone groups is 1. The Hall–Kier alpha value is -1.88. The van der Waals surface area contributed by atoms with Crippen LogP contribution < -0.4 is 4.74 Å². The molecule has 1 aliphatic heterocycles. The quantitative estimate of drug-likeness (QED) is 0.873. The van der Waals surface area contributed by atoms with E-state index in [9.17, 15) is 12.8 Å². The van der Waals surface area contributed by atoms with E-state index >= 15 is 0 Å². The lowest BCUT2D eigenvalue weighted by Crippen LogP contribution is -2.25.